The molecule has 0 unspecified atom stereocenters. The molecule has 0 radical (unpaired) electrons. The zero-order valence-corrected chi connectivity index (χ0v) is 12.5. The Bertz CT molecular complexity index is 787. The van der Waals surface area contributed by atoms with Crippen molar-refractivity contribution in [3.63, 3.8) is 0 Å². The average Bonchev–Trinajstić information content (AvgIpc) is 3.20. The lowest BCUT2D eigenvalue weighted by atomic mass is 10.1. The Morgan fingerprint density at radius 1 is 1.27 bits per heavy atom. The minimum Gasteiger partial charge on any atom is -0.391 e. The Morgan fingerprint density at radius 3 is 3.00 bits per heavy atom. The predicted octanol–water partition coefficient (Wildman–Crippen LogP) is 0.283. The quantitative estimate of drug-likeness (QED) is 0.714. The molecule has 8 nitrogen and oxygen atoms in total. The molecule has 0 spiro atoms. The SMILES string of the molecule is Nc1ncnc2c1ncn2CN1C[C@H](c2nccs2)[C@@H](O)C1. The topological polar surface area (TPSA) is 106 Å². The van der Waals surface area contributed by atoms with Gasteiger partial charge in [0.05, 0.1) is 30.0 Å². The fourth-order valence-corrected chi connectivity index (χ4v) is 3.65. The van der Waals surface area contributed by atoms with Crippen molar-refractivity contribution in [2.45, 2.75) is 18.7 Å². The Hall–Kier alpha value is -2.10. The maximum absolute atomic E-state index is 10.3. The number of aliphatic hydroxyl groups is 1. The number of rotatable bonds is 3. The highest BCUT2D eigenvalue weighted by Gasteiger charge is 2.34. The van der Waals surface area contributed by atoms with Gasteiger partial charge in [0.2, 0.25) is 0 Å². The molecule has 0 aliphatic carbocycles. The van der Waals surface area contributed by atoms with E-state index in [2.05, 4.69) is 24.8 Å². The maximum atomic E-state index is 10.3. The molecule has 114 valence electrons. The zero-order valence-electron chi connectivity index (χ0n) is 11.7. The fourth-order valence-electron chi connectivity index (χ4n) is 2.86. The number of likely N-dealkylation sites (tertiary alicyclic amines) is 1. The normalized spacial score (nSPS) is 22.6. The Labute approximate surface area is 130 Å². The average molecular weight is 317 g/mol. The van der Waals surface area contributed by atoms with Crippen LogP contribution in [0.1, 0.15) is 10.9 Å². The van der Waals surface area contributed by atoms with E-state index in [-0.39, 0.29) is 5.92 Å². The van der Waals surface area contributed by atoms with E-state index < -0.39 is 6.10 Å². The first-order valence-electron chi connectivity index (χ1n) is 6.93. The number of fused-ring (bicyclic) bond motifs is 1. The van der Waals surface area contributed by atoms with Gasteiger partial charge in [-0.15, -0.1) is 11.3 Å². The van der Waals surface area contributed by atoms with Crippen LogP contribution in [0.3, 0.4) is 0 Å². The number of nitrogens with two attached hydrogens (primary N) is 1. The number of hydrogen-bond acceptors (Lipinski definition) is 8. The Balaban J connectivity index is 1.55. The van der Waals surface area contributed by atoms with Crippen molar-refractivity contribution >= 4 is 28.3 Å². The maximum Gasteiger partial charge on any atom is 0.166 e. The first-order chi connectivity index (χ1) is 10.7. The molecule has 1 fully saturated rings. The van der Waals surface area contributed by atoms with Gasteiger partial charge in [-0.25, -0.2) is 19.9 Å². The van der Waals surface area contributed by atoms with Crippen molar-refractivity contribution in [2.75, 3.05) is 18.8 Å². The van der Waals surface area contributed by atoms with Crippen molar-refractivity contribution in [1.29, 1.82) is 0 Å². The monoisotopic (exact) mass is 317 g/mol. The predicted molar refractivity (Wildman–Crippen MR) is 82.2 cm³/mol. The summed E-state index contributed by atoms with van der Waals surface area (Å²) in [6.45, 7) is 1.96. The summed E-state index contributed by atoms with van der Waals surface area (Å²) >= 11 is 1.58. The summed E-state index contributed by atoms with van der Waals surface area (Å²) in [5, 5.41) is 13.2. The van der Waals surface area contributed by atoms with Crippen LogP contribution in [-0.2, 0) is 6.67 Å². The molecule has 4 rings (SSSR count). The van der Waals surface area contributed by atoms with Crippen LogP contribution in [0.15, 0.2) is 24.2 Å². The number of thiazole rings is 1. The van der Waals surface area contributed by atoms with Crippen molar-refractivity contribution < 1.29 is 5.11 Å². The molecule has 0 bridgehead atoms. The van der Waals surface area contributed by atoms with Crippen LogP contribution in [-0.4, -0.2) is 53.7 Å². The Morgan fingerprint density at radius 2 is 2.18 bits per heavy atom. The van der Waals surface area contributed by atoms with Crippen molar-refractivity contribution in [3.05, 3.63) is 29.2 Å². The molecule has 1 saturated heterocycles. The molecule has 4 heterocycles. The van der Waals surface area contributed by atoms with Crippen molar-refractivity contribution in [2.24, 2.45) is 0 Å². The minimum atomic E-state index is -0.402. The minimum absolute atomic E-state index is 0.0643. The summed E-state index contributed by atoms with van der Waals surface area (Å²) in [7, 11) is 0. The first-order valence-corrected chi connectivity index (χ1v) is 7.81. The van der Waals surface area contributed by atoms with Crippen molar-refractivity contribution in [3.8, 4) is 0 Å². The summed E-state index contributed by atoms with van der Waals surface area (Å²) in [4.78, 5) is 18.9. The highest BCUT2D eigenvalue weighted by Crippen LogP contribution is 2.29. The standard InChI is InChI=1S/C13H15N7OS/c14-11-10-12(17-5-16-11)20(6-18-10)7-19-3-8(9(21)4-19)13-15-1-2-22-13/h1-2,5-6,8-9,21H,3-4,7H2,(H2,14,16,17)/t8-,9-/m0/s1. The van der Waals surface area contributed by atoms with Crippen LogP contribution in [0.2, 0.25) is 0 Å². The molecule has 0 amide bonds. The number of β-amino-alcohol motifs (C(OH)–C–C–N with tert-alkyl or cyclic N) is 1. The van der Waals surface area contributed by atoms with E-state index in [1.807, 2.05) is 9.95 Å². The van der Waals surface area contributed by atoms with E-state index >= 15 is 0 Å². The van der Waals surface area contributed by atoms with Crippen LogP contribution in [0, 0.1) is 0 Å². The third-order valence-corrected chi connectivity index (χ3v) is 4.82. The van der Waals surface area contributed by atoms with Crippen molar-refractivity contribution in [1.82, 2.24) is 29.4 Å². The van der Waals surface area contributed by atoms with Gasteiger partial charge >= 0.3 is 0 Å². The van der Waals surface area contributed by atoms with E-state index in [1.54, 1.807) is 23.9 Å². The van der Waals surface area contributed by atoms with Crippen LogP contribution in [0.4, 0.5) is 5.82 Å². The van der Waals surface area contributed by atoms with E-state index in [0.717, 1.165) is 11.6 Å². The number of anilines is 1. The van der Waals surface area contributed by atoms with Gasteiger partial charge in [0.1, 0.15) is 11.8 Å². The molecule has 0 aromatic carbocycles. The van der Waals surface area contributed by atoms with E-state index in [0.29, 0.717) is 30.2 Å². The third-order valence-electron chi connectivity index (χ3n) is 3.92. The first kappa shape index (κ1) is 13.6. The van der Waals surface area contributed by atoms with Crippen LogP contribution >= 0.6 is 11.3 Å². The van der Waals surface area contributed by atoms with Gasteiger partial charge in [0, 0.05) is 24.7 Å². The number of imidazole rings is 1. The molecule has 2 atom stereocenters. The smallest absolute Gasteiger partial charge is 0.166 e. The lowest BCUT2D eigenvalue weighted by Gasteiger charge is -2.15. The number of aromatic nitrogens is 5. The molecule has 1 aliphatic heterocycles. The van der Waals surface area contributed by atoms with Gasteiger partial charge in [0.15, 0.2) is 11.5 Å². The molecule has 3 aromatic rings. The highest BCUT2D eigenvalue weighted by molar-refractivity contribution is 7.09. The Kier molecular flexibility index (Phi) is 3.25. The largest absolute Gasteiger partial charge is 0.391 e. The number of nitrogen functional groups attached to an aromatic ring is 1. The van der Waals surface area contributed by atoms with Gasteiger partial charge < -0.3 is 15.4 Å². The van der Waals surface area contributed by atoms with Crippen LogP contribution in [0.25, 0.3) is 11.2 Å². The summed E-state index contributed by atoms with van der Waals surface area (Å²) in [5.74, 6) is 0.445. The molecular formula is C13H15N7OS. The fraction of sp³-hybridized carbons (Fsp3) is 0.385. The molecular weight excluding hydrogens is 302 g/mol. The van der Waals surface area contributed by atoms with Gasteiger partial charge in [-0.3, -0.25) is 4.90 Å². The lowest BCUT2D eigenvalue weighted by molar-refractivity contribution is 0.157. The lowest BCUT2D eigenvalue weighted by Crippen LogP contribution is -2.24. The van der Waals surface area contributed by atoms with E-state index in [9.17, 15) is 5.11 Å². The summed E-state index contributed by atoms with van der Waals surface area (Å²) in [6, 6.07) is 0. The summed E-state index contributed by atoms with van der Waals surface area (Å²) < 4.78 is 1.92. The highest BCUT2D eigenvalue weighted by atomic mass is 32.1. The van der Waals surface area contributed by atoms with E-state index in [4.69, 9.17) is 5.73 Å². The van der Waals surface area contributed by atoms with Crippen LogP contribution < -0.4 is 5.73 Å². The molecule has 9 heteroatoms. The third kappa shape index (κ3) is 2.23. The van der Waals surface area contributed by atoms with Gasteiger partial charge in [-0.1, -0.05) is 0 Å². The second-order valence-electron chi connectivity index (χ2n) is 5.37. The molecule has 3 aromatic heterocycles. The number of aliphatic hydroxyl groups excluding tert-OH is 1. The van der Waals surface area contributed by atoms with E-state index in [1.165, 1.54) is 6.33 Å². The molecule has 0 saturated carbocycles. The zero-order chi connectivity index (χ0) is 15.1. The second-order valence-corrected chi connectivity index (χ2v) is 6.29. The molecule has 1 aliphatic rings. The second kappa shape index (κ2) is 5.27. The van der Waals surface area contributed by atoms with Crippen LogP contribution in [0.5, 0.6) is 0 Å². The van der Waals surface area contributed by atoms with Gasteiger partial charge in [-0.2, -0.15) is 0 Å². The van der Waals surface area contributed by atoms with Gasteiger partial charge in [-0.05, 0) is 0 Å². The number of nitrogens with zero attached hydrogens (tertiary/aromatic N) is 6. The summed E-state index contributed by atoms with van der Waals surface area (Å²) in [5.41, 5.74) is 7.12. The molecule has 3 N–H and O–H groups in total. The summed E-state index contributed by atoms with van der Waals surface area (Å²) in [6.07, 6.45) is 4.52. The molecule has 22 heavy (non-hydrogen) atoms. The van der Waals surface area contributed by atoms with Gasteiger partial charge in [0.25, 0.3) is 0 Å². The number of hydrogen-bond donors (Lipinski definition) is 2.